The third-order valence-corrected chi connectivity index (χ3v) is 5.05. The van der Waals surface area contributed by atoms with Gasteiger partial charge in [-0.2, -0.15) is 26.3 Å². The van der Waals surface area contributed by atoms with Gasteiger partial charge in [-0.1, -0.05) is 0 Å². The third-order valence-electron chi connectivity index (χ3n) is 5.05. The maximum atomic E-state index is 13.3. The van der Waals surface area contributed by atoms with Crippen LogP contribution in [0.4, 0.5) is 26.3 Å². The van der Waals surface area contributed by atoms with Gasteiger partial charge >= 0.3 is 18.3 Å². The van der Waals surface area contributed by atoms with Crippen LogP contribution in [0.25, 0.3) is 0 Å². The maximum absolute atomic E-state index is 13.3. The molecule has 2 atom stereocenters. The van der Waals surface area contributed by atoms with E-state index < -0.39 is 41.3 Å². The number of rotatable bonds is 8. The highest BCUT2D eigenvalue weighted by atomic mass is 19.4. The Kier molecular flexibility index (Phi) is 7.71. The zero-order valence-corrected chi connectivity index (χ0v) is 18.0. The van der Waals surface area contributed by atoms with Crippen molar-refractivity contribution in [3.8, 4) is 17.2 Å². The molecule has 192 valence electrons. The Labute approximate surface area is 194 Å². The van der Waals surface area contributed by atoms with Crippen LogP contribution in [0.1, 0.15) is 17.8 Å². The summed E-state index contributed by atoms with van der Waals surface area (Å²) in [7, 11) is 1.22. The molecule has 1 aromatic heterocycles. The van der Waals surface area contributed by atoms with Crippen molar-refractivity contribution in [2.24, 2.45) is 0 Å². The van der Waals surface area contributed by atoms with Gasteiger partial charge in [0.05, 0.1) is 32.7 Å². The van der Waals surface area contributed by atoms with E-state index in [0.717, 1.165) is 24.5 Å². The van der Waals surface area contributed by atoms with Gasteiger partial charge in [0.15, 0.2) is 5.75 Å². The quantitative estimate of drug-likeness (QED) is 0.367. The number of hydrogen-bond donors (Lipinski definition) is 3. The van der Waals surface area contributed by atoms with E-state index >= 15 is 0 Å². The largest absolute Gasteiger partial charge is 0.497 e. The molecular weight excluding hydrogens is 490 g/mol. The molecular formula is C20H20F6N4O5. The fourth-order valence-corrected chi connectivity index (χ4v) is 3.20. The Morgan fingerprint density at radius 1 is 1.20 bits per heavy atom. The number of methoxy groups -OCH3 is 1. The first-order valence-electron chi connectivity index (χ1n) is 9.96. The van der Waals surface area contributed by atoms with E-state index in [4.69, 9.17) is 14.2 Å². The van der Waals surface area contributed by atoms with Crippen LogP contribution in [0.2, 0.25) is 0 Å². The predicted octanol–water partition coefficient (Wildman–Crippen LogP) is 2.54. The van der Waals surface area contributed by atoms with Crippen LogP contribution >= 0.6 is 0 Å². The summed E-state index contributed by atoms with van der Waals surface area (Å²) in [5.74, 6) is -2.83. The molecule has 0 radical (unpaired) electrons. The summed E-state index contributed by atoms with van der Waals surface area (Å²) >= 11 is 0. The van der Waals surface area contributed by atoms with Gasteiger partial charge in [0, 0.05) is 6.61 Å². The Hall–Kier alpha value is -3.17. The summed E-state index contributed by atoms with van der Waals surface area (Å²) in [4.78, 5) is 19.2. The number of amides is 1. The van der Waals surface area contributed by atoms with Crippen LogP contribution in [0.5, 0.6) is 17.2 Å². The molecule has 1 amide bonds. The van der Waals surface area contributed by atoms with Gasteiger partial charge in [-0.25, -0.2) is 9.97 Å². The summed E-state index contributed by atoms with van der Waals surface area (Å²) in [5.41, 5.74) is -2.80. The van der Waals surface area contributed by atoms with Crippen LogP contribution in [-0.2, 0) is 22.3 Å². The van der Waals surface area contributed by atoms with Crippen LogP contribution < -0.4 is 20.1 Å². The number of nitrogens with zero attached hydrogens (tertiary/aromatic N) is 2. The minimum Gasteiger partial charge on any atom is -0.497 e. The molecule has 1 aliphatic rings. The number of hydrogen-bond acceptors (Lipinski definition) is 8. The molecule has 0 saturated carbocycles. The van der Waals surface area contributed by atoms with E-state index in [1.54, 1.807) is 5.32 Å². The van der Waals surface area contributed by atoms with E-state index in [-0.39, 0.29) is 43.5 Å². The van der Waals surface area contributed by atoms with Crippen molar-refractivity contribution in [2.75, 3.05) is 20.3 Å². The molecule has 1 aliphatic heterocycles. The Morgan fingerprint density at radius 3 is 2.43 bits per heavy atom. The summed E-state index contributed by atoms with van der Waals surface area (Å²) in [5, 5.41) is 14.7. The normalized spacial score (nSPS) is 19.3. The Balaban J connectivity index is 1.65. The number of halogens is 6. The molecule has 9 nitrogen and oxygen atoms in total. The average Bonchev–Trinajstić information content (AvgIpc) is 3.27. The number of ether oxygens (including phenoxy) is 3. The molecule has 1 aromatic carbocycles. The van der Waals surface area contributed by atoms with Crippen molar-refractivity contribution in [1.82, 2.24) is 20.6 Å². The summed E-state index contributed by atoms with van der Waals surface area (Å²) in [6.45, 7) is -0.591. The number of carbonyl (C=O) groups excluding carboxylic acids is 1. The van der Waals surface area contributed by atoms with E-state index in [9.17, 15) is 36.2 Å². The van der Waals surface area contributed by atoms with Crippen molar-refractivity contribution >= 4 is 5.91 Å². The molecule has 3 rings (SSSR count). The number of aliphatic hydroxyl groups is 1. The lowest BCUT2D eigenvalue weighted by Gasteiger charge is -2.34. The van der Waals surface area contributed by atoms with Crippen molar-refractivity contribution in [2.45, 2.75) is 37.1 Å². The van der Waals surface area contributed by atoms with E-state index in [2.05, 4.69) is 15.3 Å². The molecule has 1 fully saturated rings. The monoisotopic (exact) mass is 510 g/mol. The van der Waals surface area contributed by atoms with E-state index in [0.29, 0.717) is 0 Å². The highest BCUT2D eigenvalue weighted by molar-refractivity contribution is 5.82. The summed E-state index contributed by atoms with van der Waals surface area (Å²) in [6, 6.07) is 3.13. The van der Waals surface area contributed by atoms with Crippen LogP contribution in [0.3, 0.4) is 0 Å². The van der Waals surface area contributed by atoms with Gasteiger partial charge in [-0.05, 0) is 24.6 Å². The second kappa shape index (κ2) is 10.2. The number of benzene rings is 1. The summed E-state index contributed by atoms with van der Waals surface area (Å²) < 4.78 is 93.0. The standard InChI is InChI=1S/C20H20F6N4O5/c1-33-11-2-3-14(13(6-11)19(21,22)23)35-12-7-27-15(28-8-12)9-29-16(31)18(4-5-34-10-18)30-17(32)20(24,25)26/h2-3,6-8,16,29,31H,4-5,9-10H2,1H3,(H,30,32). The minimum absolute atomic E-state index is 0.0160. The van der Waals surface area contributed by atoms with Gasteiger partial charge in [0.2, 0.25) is 0 Å². The van der Waals surface area contributed by atoms with Crippen molar-refractivity contribution in [3.05, 3.63) is 42.0 Å². The second-order valence-electron chi connectivity index (χ2n) is 7.49. The number of aromatic nitrogens is 2. The average molecular weight is 510 g/mol. The van der Waals surface area contributed by atoms with Crippen molar-refractivity contribution in [3.63, 3.8) is 0 Å². The fourth-order valence-electron chi connectivity index (χ4n) is 3.20. The Bertz CT molecular complexity index is 1030. The van der Waals surface area contributed by atoms with Gasteiger partial charge in [0.1, 0.15) is 34.7 Å². The topological polar surface area (TPSA) is 115 Å². The molecule has 0 aliphatic carbocycles. The van der Waals surface area contributed by atoms with Crippen LogP contribution in [-0.4, -0.2) is 59.2 Å². The molecule has 15 heteroatoms. The highest BCUT2D eigenvalue weighted by Gasteiger charge is 2.49. The molecule has 0 spiro atoms. The smallest absolute Gasteiger partial charge is 0.471 e. The fraction of sp³-hybridized carbons (Fsp3) is 0.450. The third kappa shape index (κ3) is 6.49. The summed E-state index contributed by atoms with van der Waals surface area (Å²) in [6.07, 6.45) is -9.43. The molecule has 3 N–H and O–H groups in total. The number of carbonyl (C=O) groups is 1. The van der Waals surface area contributed by atoms with Gasteiger partial charge < -0.3 is 24.6 Å². The van der Waals surface area contributed by atoms with E-state index in [1.165, 1.54) is 13.2 Å². The lowest BCUT2D eigenvalue weighted by molar-refractivity contribution is -0.177. The predicted molar refractivity (Wildman–Crippen MR) is 105 cm³/mol. The maximum Gasteiger partial charge on any atom is 0.471 e. The van der Waals surface area contributed by atoms with Crippen molar-refractivity contribution in [1.29, 1.82) is 0 Å². The van der Waals surface area contributed by atoms with Gasteiger partial charge in [0.25, 0.3) is 0 Å². The minimum atomic E-state index is -5.15. The number of aliphatic hydroxyl groups excluding tert-OH is 1. The molecule has 0 bridgehead atoms. The number of alkyl halides is 6. The van der Waals surface area contributed by atoms with Gasteiger partial charge in [-0.15, -0.1) is 0 Å². The molecule has 35 heavy (non-hydrogen) atoms. The Morgan fingerprint density at radius 2 is 1.89 bits per heavy atom. The van der Waals surface area contributed by atoms with Crippen molar-refractivity contribution < 1.29 is 50.5 Å². The highest BCUT2D eigenvalue weighted by Crippen LogP contribution is 2.40. The SMILES string of the molecule is COc1ccc(Oc2cnc(CNC(O)C3(NC(=O)C(F)(F)F)CCOC3)nc2)c(C(F)(F)F)c1. The zero-order chi connectivity index (χ0) is 25.9. The van der Waals surface area contributed by atoms with Gasteiger partial charge in [-0.3, -0.25) is 10.1 Å². The van der Waals surface area contributed by atoms with Crippen LogP contribution in [0.15, 0.2) is 30.6 Å². The zero-order valence-electron chi connectivity index (χ0n) is 18.0. The molecule has 2 unspecified atom stereocenters. The molecule has 1 saturated heterocycles. The number of nitrogens with one attached hydrogen (secondary N) is 2. The second-order valence-corrected chi connectivity index (χ2v) is 7.49. The first kappa shape index (κ1) is 26.4. The molecule has 2 aromatic rings. The molecule has 2 heterocycles. The van der Waals surface area contributed by atoms with E-state index in [1.807, 2.05) is 0 Å². The van der Waals surface area contributed by atoms with Crippen LogP contribution in [0, 0.1) is 0 Å². The lowest BCUT2D eigenvalue weighted by Crippen LogP contribution is -2.63. The lowest BCUT2D eigenvalue weighted by atomic mass is 9.96. The first-order valence-corrected chi connectivity index (χ1v) is 9.96. The first-order chi connectivity index (χ1) is 16.3.